The minimum Gasteiger partial charge on any atom is -0.454 e. The maximum absolute atomic E-state index is 11.8. The second-order valence-electron chi connectivity index (χ2n) is 5.58. The largest absolute Gasteiger partial charge is 0.454 e. The molecule has 3 aromatic rings. The molecule has 10 heteroatoms. The number of non-ortho nitro benzene ring substituents is 1. The van der Waals surface area contributed by atoms with Crippen molar-refractivity contribution >= 4 is 44.8 Å². The summed E-state index contributed by atoms with van der Waals surface area (Å²) in [6, 6.07) is 13.1. The molecule has 28 heavy (non-hydrogen) atoms. The van der Waals surface area contributed by atoms with Crippen LogP contribution in [0.5, 0.6) is 0 Å². The fourth-order valence-electron chi connectivity index (χ4n) is 2.29. The van der Waals surface area contributed by atoms with Crippen molar-refractivity contribution in [2.75, 3.05) is 18.5 Å². The van der Waals surface area contributed by atoms with Crippen LogP contribution < -0.4 is 5.32 Å². The zero-order chi connectivity index (χ0) is 19.9. The first-order valence-corrected chi connectivity index (χ1v) is 8.95. The van der Waals surface area contributed by atoms with Gasteiger partial charge in [0.05, 0.1) is 21.7 Å². The van der Waals surface area contributed by atoms with Gasteiger partial charge in [-0.15, -0.1) is 11.3 Å². The molecule has 144 valence electrons. The SMILES string of the molecule is O=C(COC(=O)COCc1nc2ccccc2s1)Nc1cccc([N+](=O)[O-])c1. The number of nitrogens with one attached hydrogen (secondary N) is 1. The van der Waals surface area contributed by atoms with Gasteiger partial charge in [0.25, 0.3) is 11.6 Å². The molecule has 0 atom stereocenters. The number of aromatic nitrogens is 1. The van der Waals surface area contributed by atoms with Crippen molar-refractivity contribution in [1.29, 1.82) is 0 Å². The number of rotatable bonds is 8. The molecule has 9 nitrogen and oxygen atoms in total. The van der Waals surface area contributed by atoms with Gasteiger partial charge in [0, 0.05) is 17.8 Å². The third-order valence-electron chi connectivity index (χ3n) is 3.49. The summed E-state index contributed by atoms with van der Waals surface area (Å²) in [5.41, 5.74) is 0.951. The number of amides is 1. The monoisotopic (exact) mass is 401 g/mol. The number of ether oxygens (including phenoxy) is 2. The first-order chi connectivity index (χ1) is 13.5. The third-order valence-corrected chi connectivity index (χ3v) is 4.50. The van der Waals surface area contributed by atoms with Gasteiger partial charge in [-0.3, -0.25) is 14.9 Å². The molecule has 0 aliphatic rings. The topological polar surface area (TPSA) is 121 Å². The van der Waals surface area contributed by atoms with Crippen molar-refractivity contribution in [1.82, 2.24) is 4.98 Å². The van der Waals surface area contributed by atoms with E-state index >= 15 is 0 Å². The lowest BCUT2D eigenvalue weighted by molar-refractivity contribution is -0.384. The molecule has 0 saturated heterocycles. The normalized spacial score (nSPS) is 10.6. The lowest BCUT2D eigenvalue weighted by Crippen LogP contribution is -2.22. The van der Waals surface area contributed by atoms with Crippen LogP contribution in [0.3, 0.4) is 0 Å². The lowest BCUT2D eigenvalue weighted by atomic mass is 10.3. The van der Waals surface area contributed by atoms with E-state index < -0.39 is 23.4 Å². The molecule has 0 fully saturated rings. The van der Waals surface area contributed by atoms with Crippen LogP contribution in [0.25, 0.3) is 10.2 Å². The van der Waals surface area contributed by atoms with Crippen LogP contribution in [0.4, 0.5) is 11.4 Å². The van der Waals surface area contributed by atoms with Crippen molar-refractivity contribution in [2.24, 2.45) is 0 Å². The number of anilines is 1. The molecule has 0 bridgehead atoms. The van der Waals surface area contributed by atoms with Crippen molar-refractivity contribution in [3.05, 3.63) is 63.7 Å². The minimum absolute atomic E-state index is 0.155. The maximum Gasteiger partial charge on any atom is 0.332 e. The van der Waals surface area contributed by atoms with Crippen LogP contribution >= 0.6 is 11.3 Å². The predicted molar refractivity (Wildman–Crippen MR) is 102 cm³/mol. The first-order valence-electron chi connectivity index (χ1n) is 8.13. The molecule has 1 aromatic heterocycles. The summed E-state index contributed by atoms with van der Waals surface area (Å²) >= 11 is 1.47. The fraction of sp³-hybridized carbons (Fsp3) is 0.167. The van der Waals surface area contributed by atoms with Crippen LogP contribution in [0.2, 0.25) is 0 Å². The number of nitro groups is 1. The number of nitrogens with zero attached hydrogens (tertiary/aromatic N) is 2. The Morgan fingerprint density at radius 2 is 1.96 bits per heavy atom. The highest BCUT2D eigenvalue weighted by atomic mass is 32.1. The van der Waals surface area contributed by atoms with Gasteiger partial charge in [-0.05, 0) is 18.2 Å². The number of esters is 1. The van der Waals surface area contributed by atoms with Crippen molar-refractivity contribution in [2.45, 2.75) is 6.61 Å². The molecule has 0 unspecified atom stereocenters. The van der Waals surface area contributed by atoms with Crippen molar-refractivity contribution in [3.63, 3.8) is 0 Å². The minimum atomic E-state index is -0.699. The quantitative estimate of drug-likeness (QED) is 0.350. The van der Waals surface area contributed by atoms with E-state index in [9.17, 15) is 19.7 Å². The Bertz CT molecular complexity index is 986. The fourth-order valence-corrected chi connectivity index (χ4v) is 3.19. The smallest absolute Gasteiger partial charge is 0.332 e. The molecule has 1 heterocycles. The molecule has 1 amide bonds. The van der Waals surface area contributed by atoms with Crippen LogP contribution in [0.1, 0.15) is 5.01 Å². The second kappa shape index (κ2) is 9.02. The standard InChI is InChI=1S/C18H15N3O6S/c22-16(19-12-4-3-5-13(8-12)21(24)25)9-27-18(23)11-26-10-17-20-14-6-1-2-7-15(14)28-17/h1-8H,9-11H2,(H,19,22). The van der Waals surface area contributed by atoms with Gasteiger partial charge in [-0.25, -0.2) is 9.78 Å². The summed E-state index contributed by atoms with van der Waals surface area (Å²) in [5.74, 6) is -1.31. The van der Waals surface area contributed by atoms with Crippen molar-refractivity contribution in [3.8, 4) is 0 Å². The second-order valence-corrected chi connectivity index (χ2v) is 6.70. The third kappa shape index (κ3) is 5.32. The average molecular weight is 401 g/mol. The van der Waals surface area contributed by atoms with Crippen LogP contribution in [-0.4, -0.2) is 35.0 Å². The number of thiazole rings is 1. The van der Waals surface area contributed by atoms with E-state index in [1.54, 1.807) is 0 Å². The van der Waals surface area contributed by atoms with Crippen LogP contribution in [0.15, 0.2) is 48.5 Å². The number of fused-ring (bicyclic) bond motifs is 1. The van der Waals surface area contributed by atoms with Crippen molar-refractivity contribution < 1.29 is 24.0 Å². The Balaban J connectivity index is 1.39. The summed E-state index contributed by atoms with van der Waals surface area (Å²) in [4.78, 5) is 38.0. The Morgan fingerprint density at radius 3 is 2.75 bits per heavy atom. The summed E-state index contributed by atoms with van der Waals surface area (Å²) in [7, 11) is 0. The summed E-state index contributed by atoms with van der Waals surface area (Å²) in [5, 5.41) is 13.9. The average Bonchev–Trinajstić information content (AvgIpc) is 3.09. The predicted octanol–water partition coefficient (Wildman–Crippen LogP) is 2.90. The summed E-state index contributed by atoms with van der Waals surface area (Å²) in [6.07, 6.45) is 0. The van der Waals surface area contributed by atoms with Gasteiger partial charge in [0.2, 0.25) is 0 Å². The number of benzene rings is 2. The van der Waals surface area contributed by atoms with Gasteiger partial charge < -0.3 is 14.8 Å². The number of carbonyl (C=O) groups is 2. The molecule has 0 saturated carbocycles. The van der Waals surface area contributed by atoms with E-state index in [1.807, 2.05) is 24.3 Å². The molecule has 2 aromatic carbocycles. The number of carbonyl (C=O) groups excluding carboxylic acids is 2. The summed E-state index contributed by atoms with van der Waals surface area (Å²) < 4.78 is 11.1. The zero-order valence-electron chi connectivity index (χ0n) is 14.5. The molecule has 0 aliphatic carbocycles. The number of hydrogen-bond acceptors (Lipinski definition) is 8. The van der Waals surface area contributed by atoms with E-state index in [4.69, 9.17) is 9.47 Å². The molecule has 0 aliphatic heterocycles. The van der Waals surface area contributed by atoms with Crippen LogP contribution in [0, 0.1) is 10.1 Å². The Morgan fingerprint density at radius 1 is 1.14 bits per heavy atom. The summed E-state index contributed by atoms with van der Waals surface area (Å²) in [6.45, 7) is -0.680. The molecular formula is C18H15N3O6S. The molecule has 0 spiro atoms. The van der Waals surface area contributed by atoms with Gasteiger partial charge in [0.1, 0.15) is 11.6 Å². The maximum atomic E-state index is 11.8. The van der Waals surface area contributed by atoms with E-state index in [0.717, 1.165) is 15.2 Å². The molecular weight excluding hydrogens is 386 g/mol. The van der Waals surface area contributed by atoms with Gasteiger partial charge in [-0.2, -0.15) is 0 Å². The van der Waals surface area contributed by atoms with E-state index in [0.29, 0.717) is 0 Å². The van der Waals surface area contributed by atoms with E-state index in [1.165, 1.54) is 35.6 Å². The first kappa shape index (κ1) is 19.4. The lowest BCUT2D eigenvalue weighted by Gasteiger charge is -2.06. The highest BCUT2D eigenvalue weighted by Gasteiger charge is 2.11. The zero-order valence-corrected chi connectivity index (χ0v) is 15.3. The number of nitro benzene ring substituents is 1. The number of hydrogen-bond donors (Lipinski definition) is 1. The van der Waals surface area contributed by atoms with Crippen LogP contribution in [-0.2, 0) is 25.7 Å². The Hall–Kier alpha value is -3.37. The molecule has 3 rings (SSSR count). The van der Waals surface area contributed by atoms with Gasteiger partial charge in [-0.1, -0.05) is 18.2 Å². The van der Waals surface area contributed by atoms with E-state index in [2.05, 4.69) is 10.3 Å². The highest BCUT2D eigenvalue weighted by Crippen LogP contribution is 2.22. The Kier molecular flexibility index (Phi) is 6.25. The highest BCUT2D eigenvalue weighted by molar-refractivity contribution is 7.18. The Labute approximate surface area is 163 Å². The van der Waals surface area contributed by atoms with Gasteiger partial charge >= 0.3 is 5.97 Å². The van der Waals surface area contributed by atoms with Gasteiger partial charge in [0.15, 0.2) is 6.61 Å². The molecule has 0 radical (unpaired) electrons. The molecule has 1 N–H and O–H groups in total. The number of para-hydroxylation sites is 1. The van der Waals surface area contributed by atoms with E-state index in [-0.39, 0.29) is 24.6 Å².